The number of nitrogens with one attached hydrogen (secondary N) is 2. The largest absolute Gasteiger partial charge is 0.503 e. The molecule has 2 aromatic carbocycles. The number of anilines is 1. The fraction of sp³-hybridized carbons (Fsp3) is 0.211. The van der Waals surface area contributed by atoms with Crippen LogP contribution in [0.15, 0.2) is 41.5 Å². The Hall–Kier alpha value is -2.84. The molecule has 0 aliphatic rings. The highest BCUT2D eigenvalue weighted by Gasteiger charge is 2.14. The first-order chi connectivity index (χ1) is 13.5. The number of para-hydroxylation sites is 1. The number of hydrazone groups is 1. The van der Waals surface area contributed by atoms with Crippen LogP contribution in [0.25, 0.3) is 10.2 Å². The minimum absolute atomic E-state index is 0.127. The molecule has 28 heavy (non-hydrogen) atoms. The number of nitrogens with zero attached hydrogens (tertiary/aromatic N) is 2. The Morgan fingerprint density at radius 2 is 2.21 bits per heavy atom. The number of carbonyl (C=O) groups excluding carboxylic acids is 1. The van der Waals surface area contributed by atoms with Gasteiger partial charge < -0.3 is 15.2 Å². The van der Waals surface area contributed by atoms with Gasteiger partial charge in [-0.15, -0.1) is 0 Å². The molecule has 0 aliphatic carbocycles. The van der Waals surface area contributed by atoms with E-state index in [1.807, 2.05) is 24.3 Å². The smallest absolute Gasteiger partial charge is 0.262 e. The first-order valence-electron chi connectivity index (χ1n) is 8.58. The number of carbonyl (C=O) groups is 1. The number of hydrogen-bond donors (Lipinski definition) is 3. The normalized spacial score (nSPS) is 12.2. The van der Waals surface area contributed by atoms with E-state index in [0.717, 1.165) is 10.2 Å². The maximum atomic E-state index is 12.2. The molecular weight excluding hydrogens is 400 g/mol. The monoisotopic (exact) mass is 418 g/mol. The number of rotatable bonds is 7. The van der Waals surface area contributed by atoms with Crippen molar-refractivity contribution in [3.8, 4) is 11.5 Å². The molecule has 3 rings (SSSR count). The summed E-state index contributed by atoms with van der Waals surface area (Å²) in [7, 11) is 0. The maximum Gasteiger partial charge on any atom is 0.262 e. The van der Waals surface area contributed by atoms with Gasteiger partial charge in [-0.25, -0.2) is 10.4 Å². The van der Waals surface area contributed by atoms with Crippen LogP contribution in [0.4, 0.5) is 5.13 Å². The summed E-state index contributed by atoms with van der Waals surface area (Å²) in [5.74, 6) is -0.183. The van der Waals surface area contributed by atoms with Gasteiger partial charge in [-0.3, -0.25) is 4.79 Å². The van der Waals surface area contributed by atoms with E-state index in [-0.39, 0.29) is 22.4 Å². The molecule has 0 saturated carbocycles. The molecule has 0 saturated heterocycles. The zero-order valence-corrected chi connectivity index (χ0v) is 16.8. The van der Waals surface area contributed by atoms with Crippen LogP contribution in [0, 0.1) is 0 Å². The summed E-state index contributed by atoms with van der Waals surface area (Å²) in [6.07, 6.45) is 1.43. The van der Waals surface area contributed by atoms with Crippen molar-refractivity contribution in [2.24, 2.45) is 5.10 Å². The molecule has 0 spiro atoms. The molecule has 3 aromatic rings. The van der Waals surface area contributed by atoms with E-state index in [1.54, 1.807) is 19.9 Å². The third-order valence-electron chi connectivity index (χ3n) is 3.77. The van der Waals surface area contributed by atoms with Crippen molar-refractivity contribution in [1.82, 2.24) is 10.4 Å². The summed E-state index contributed by atoms with van der Waals surface area (Å²) < 4.78 is 6.36. The van der Waals surface area contributed by atoms with Crippen molar-refractivity contribution in [1.29, 1.82) is 0 Å². The number of thiazole rings is 1. The number of phenols is 1. The van der Waals surface area contributed by atoms with Gasteiger partial charge in [0.05, 0.1) is 28.1 Å². The van der Waals surface area contributed by atoms with Crippen LogP contribution in [0.5, 0.6) is 11.5 Å². The molecule has 0 unspecified atom stereocenters. The Bertz CT molecular complexity index is 989. The van der Waals surface area contributed by atoms with Crippen LogP contribution in [0.3, 0.4) is 0 Å². The topological polar surface area (TPSA) is 95.8 Å². The summed E-state index contributed by atoms with van der Waals surface area (Å²) >= 11 is 7.46. The van der Waals surface area contributed by atoms with Crippen LogP contribution in [0.1, 0.15) is 19.4 Å². The number of ether oxygens (including phenoxy) is 1. The third-order valence-corrected chi connectivity index (χ3v) is 5.02. The van der Waals surface area contributed by atoms with Crippen molar-refractivity contribution in [3.63, 3.8) is 0 Å². The van der Waals surface area contributed by atoms with Crippen LogP contribution < -0.4 is 15.5 Å². The van der Waals surface area contributed by atoms with E-state index in [1.165, 1.54) is 23.6 Å². The zero-order chi connectivity index (χ0) is 20.1. The summed E-state index contributed by atoms with van der Waals surface area (Å²) in [5.41, 5.74) is 3.93. The average Bonchev–Trinajstić information content (AvgIpc) is 3.08. The molecular formula is C19H19ClN4O3S. The maximum absolute atomic E-state index is 12.2. The first kappa shape index (κ1) is 19.9. The van der Waals surface area contributed by atoms with Crippen molar-refractivity contribution in [3.05, 3.63) is 47.0 Å². The second kappa shape index (κ2) is 8.90. The molecule has 0 radical (unpaired) electrons. The number of phenolic OH excluding ortho intramolecular Hbond substituents is 1. The number of hydrogen-bond acceptors (Lipinski definition) is 7. The van der Waals surface area contributed by atoms with E-state index in [4.69, 9.17) is 16.3 Å². The lowest BCUT2D eigenvalue weighted by molar-refractivity contribution is -0.121. The van der Waals surface area contributed by atoms with Crippen molar-refractivity contribution in [2.45, 2.75) is 19.9 Å². The molecule has 7 nitrogen and oxygen atoms in total. The lowest BCUT2D eigenvalue weighted by atomic mass is 10.2. The van der Waals surface area contributed by atoms with Crippen LogP contribution in [-0.2, 0) is 4.79 Å². The number of halogens is 1. The third kappa shape index (κ3) is 4.71. The molecule has 0 fully saturated rings. The van der Waals surface area contributed by atoms with E-state index in [2.05, 4.69) is 20.8 Å². The predicted octanol–water partition coefficient (Wildman–Crippen LogP) is 4.00. The lowest BCUT2D eigenvalue weighted by Gasteiger charge is -2.10. The summed E-state index contributed by atoms with van der Waals surface area (Å²) in [6.45, 7) is 3.91. The molecule has 9 heteroatoms. The summed E-state index contributed by atoms with van der Waals surface area (Å²) in [6, 6.07) is 10.4. The second-order valence-corrected chi connectivity index (χ2v) is 7.31. The average molecular weight is 419 g/mol. The molecule has 1 amide bonds. The first-order valence-corrected chi connectivity index (χ1v) is 9.77. The Balaban J connectivity index is 1.61. The Morgan fingerprint density at radius 3 is 2.96 bits per heavy atom. The number of amides is 1. The van der Waals surface area contributed by atoms with Crippen LogP contribution >= 0.6 is 22.9 Å². The fourth-order valence-electron chi connectivity index (χ4n) is 2.39. The molecule has 3 N–H and O–H groups in total. The number of fused-ring (bicyclic) bond motifs is 1. The van der Waals surface area contributed by atoms with Crippen molar-refractivity contribution >= 4 is 50.4 Å². The molecule has 146 valence electrons. The van der Waals surface area contributed by atoms with E-state index in [0.29, 0.717) is 17.3 Å². The number of aromatic nitrogens is 1. The molecule has 0 aliphatic heterocycles. The van der Waals surface area contributed by atoms with Crippen LogP contribution in [-0.4, -0.2) is 34.9 Å². The van der Waals surface area contributed by atoms with Crippen molar-refractivity contribution in [2.75, 3.05) is 11.9 Å². The van der Waals surface area contributed by atoms with Gasteiger partial charge in [0, 0.05) is 0 Å². The minimum atomic E-state index is -0.528. The standard InChI is InChI=1S/C19H19ClN4O3S/c1-3-27-15-9-12(8-13(20)17(15)25)10-21-24-18(26)11(2)22-19-23-14-6-4-5-7-16(14)28-19/h4-11,25H,3H2,1-2H3,(H,22,23)(H,24,26)/b21-10+/t11-/m1/s1. The Morgan fingerprint density at radius 1 is 1.43 bits per heavy atom. The van der Waals surface area contributed by atoms with Gasteiger partial charge in [-0.05, 0) is 43.7 Å². The van der Waals surface area contributed by atoms with Gasteiger partial charge in [-0.2, -0.15) is 5.10 Å². The van der Waals surface area contributed by atoms with Gasteiger partial charge in [-0.1, -0.05) is 35.1 Å². The second-order valence-electron chi connectivity index (χ2n) is 5.87. The molecule has 1 aromatic heterocycles. The predicted molar refractivity (Wildman–Crippen MR) is 113 cm³/mol. The molecule has 1 heterocycles. The van der Waals surface area contributed by atoms with Crippen molar-refractivity contribution < 1.29 is 14.6 Å². The minimum Gasteiger partial charge on any atom is -0.503 e. The summed E-state index contributed by atoms with van der Waals surface area (Å²) in [4.78, 5) is 16.7. The highest BCUT2D eigenvalue weighted by atomic mass is 35.5. The quantitative estimate of drug-likeness (QED) is 0.398. The number of aromatic hydroxyl groups is 1. The Labute approximate surface area is 171 Å². The van der Waals surface area contributed by atoms with Gasteiger partial charge in [0.2, 0.25) is 0 Å². The number of benzene rings is 2. The fourth-order valence-corrected chi connectivity index (χ4v) is 3.56. The molecule has 1 atom stereocenters. The van der Waals surface area contributed by atoms with Gasteiger partial charge >= 0.3 is 0 Å². The van der Waals surface area contributed by atoms with E-state index >= 15 is 0 Å². The van der Waals surface area contributed by atoms with E-state index in [9.17, 15) is 9.90 Å². The highest BCUT2D eigenvalue weighted by molar-refractivity contribution is 7.22. The highest BCUT2D eigenvalue weighted by Crippen LogP contribution is 2.34. The zero-order valence-electron chi connectivity index (χ0n) is 15.3. The van der Waals surface area contributed by atoms with Crippen LogP contribution in [0.2, 0.25) is 5.02 Å². The SMILES string of the molecule is CCOc1cc(/C=N/NC(=O)[C@@H](C)Nc2nc3ccccc3s2)cc(Cl)c1O. The van der Waals surface area contributed by atoms with Gasteiger partial charge in [0.25, 0.3) is 5.91 Å². The van der Waals surface area contributed by atoms with Gasteiger partial charge in [0.1, 0.15) is 6.04 Å². The molecule has 0 bridgehead atoms. The Kier molecular flexibility index (Phi) is 6.33. The lowest BCUT2D eigenvalue weighted by Crippen LogP contribution is -2.34. The van der Waals surface area contributed by atoms with Gasteiger partial charge in [0.15, 0.2) is 16.6 Å². The summed E-state index contributed by atoms with van der Waals surface area (Å²) in [5, 5.41) is 17.7. The van der Waals surface area contributed by atoms with E-state index < -0.39 is 6.04 Å².